The van der Waals surface area contributed by atoms with Crippen molar-refractivity contribution in [3.63, 3.8) is 0 Å². The summed E-state index contributed by atoms with van der Waals surface area (Å²) >= 11 is 0. The lowest BCUT2D eigenvalue weighted by molar-refractivity contribution is -0.141. The number of esters is 1. The number of hydrogen-bond acceptors (Lipinski definition) is 4. The first-order valence-electron chi connectivity index (χ1n) is 9.55. The first-order valence-corrected chi connectivity index (χ1v) is 9.55. The largest absolute Gasteiger partial charge is 0.426 e. The van der Waals surface area contributed by atoms with E-state index < -0.39 is 5.97 Å². The summed E-state index contributed by atoms with van der Waals surface area (Å²) in [4.78, 5) is 38.4. The molecular weight excluding hydrogens is 330 g/mol. The van der Waals surface area contributed by atoms with Crippen LogP contribution < -0.4 is 4.74 Å². The Labute approximate surface area is 154 Å². The Balaban J connectivity index is 1.60. The summed E-state index contributed by atoms with van der Waals surface area (Å²) in [6, 6.07) is 5.86. The van der Waals surface area contributed by atoms with Gasteiger partial charge in [0, 0.05) is 6.54 Å². The van der Waals surface area contributed by atoms with E-state index >= 15 is 0 Å². The van der Waals surface area contributed by atoms with E-state index in [4.69, 9.17) is 4.74 Å². The van der Waals surface area contributed by atoms with E-state index in [1.54, 1.807) is 0 Å². The number of amides is 2. The summed E-state index contributed by atoms with van der Waals surface area (Å²) in [6.45, 7) is 6.18. The Morgan fingerprint density at radius 3 is 2.35 bits per heavy atom. The Hall–Kier alpha value is -2.17. The number of fused-ring (bicyclic) bond motifs is 1. The molecule has 0 radical (unpaired) electrons. The van der Waals surface area contributed by atoms with Crippen LogP contribution in [0.3, 0.4) is 0 Å². The number of hydrogen-bond donors (Lipinski definition) is 0. The Kier molecular flexibility index (Phi) is 5.44. The quantitative estimate of drug-likeness (QED) is 0.459. The number of carbonyl (C=O) groups excluding carboxylic acids is 3. The minimum atomic E-state index is -0.413. The van der Waals surface area contributed by atoms with E-state index in [9.17, 15) is 14.4 Å². The maximum atomic E-state index is 12.4. The highest BCUT2D eigenvalue weighted by Gasteiger charge is 2.47. The number of ether oxygens (including phenoxy) is 1. The maximum absolute atomic E-state index is 12.4. The Morgan fingerprint density at radius 2 is 1.77 bits per heavy atom. The fourth-order valence-electron chi connectivity index (χ4n) is 3.91. The molecule has 0 unspecified atom stereocenters. The van der Waals surface area contributed by atoms with Gasteiger partial charge in [0.1, 0.15) is 5.75 Å². The van der Waals surface area contributed by atoms with E-state index in [2.05, 4.69) is 13.8 Å². The van der Waals surface area contributed by atoms with Gasteiger partial charge in [-0.1, -0.05) is 38.8 Å². The third-order valence-electron chi connectivity index (χ3n) is 5.57. The van der Waals surface area contributed by atoms with Crippen molar-refractivity contribution < 1.29 is 19.1 Å². The smallest absolute Gasteiger partial charge is 0.313 e. The van der Waals surface area contributed by atoms with Gasteiger partial charge in [0.15, 0.2) is 0 Å². The van der Waals surface area contributed by atoms with E-state index in [1.807, 2.05) is 25.1 Å². The third kappa shape index (κ3) is 3.67. The molecule has 26 heavy (non-hydrogen) atoms. The van der Waals surface area contributed by atoms with Crippen LogP contribution in [0.2, 0.25) is 0 Å². The molecule has 2 amide bonds. The first kappa shape index (κ1) is 18.6. The fourth-order valence-corrected chi connectivity index (χ4v) is 3.91. The molecular formula is C21H27NO4. The van der Waals surface area contributed by atoms with Gasteiger partial charge in [-0.25, -0.2) is 0 Å². The Morgan fingerprint density at radius 1 is 1.15 bits per heavy atom. The van der Waals surface area contributed by atoms with Crippen molar-refractivity contribution in [1.82, 2.24) is 4.90 Å². The zero-order valence-corrected chi connectivity index (χ0v) is 15.8. The molecule has 1 saturated carbocycles. The van der Waals surface area contributed by atoms with Crippen molar-refractivity contribution in [3.05, 3.63) is 29.3 Å². The molecule has 2 aliphatic rings. The van der Waals surface area contributed by atoms with Crippen LogP contribution in [0, 0.1) is 18.8 Å². The van der Waals surface area contributed by atoms with Crippen molar-refractivity contribution in [2.45, 2.75) is 58.8 Å². The maximum Gasteiger partial charge on any atom is 0.313 e. The van der Waals surface area contributed by atoms with Crippen LogP contribution in [0.4, 0.5) is 0 Å². The van der Waals surface area contributed by atoms with E-state index in [0.717, 1.165) is 36.8 Å². The van der Waals surface area contributed by atoms with E-state index in [1.165, 1.54) is 4.90 Å². The molecule has 2 atom stereocenters. The van der Waals surface area contributed by atoms with E-state index in [0.29, 0.717) is 11.7 Å². The van der Waals surface area contributed by atoms with Crippen LogP contribution in [-0.4, -0.2) is 29.2 Å². The minimum Gasteiger partial charge on any atom is -0.426 e. The predicted octanol–water partition coefficient (Wildman–Crippen LogP) is 3.59. The molecule has 1 aliphatic heterocycles. The SMILES string of the molecule is Cc1ccc(C(C)C)cc1OC(=O)CCN1C(=O)[C@H]2CCCC[C@@H]2C1=O. The lowest BCUT2D eigenvalue weighted by Gasteiger charge is -2.19. The molecule has 0 N–H and O–H groups in total. The van der Waals surface area contributed by atoms with Crippen LogP contribution in [-0.2, 0) is 14.4 Å². The topological polar surface area (TPSA) is 63.7 Å². The summed E-state index contributed by atoms with van der Waals surface area (Å²) in [7, 11) is 0. The van der Waals surface area contributed by atoms with Crippen molar-refractivity contribution in [2.24, 2.45) is 11.8 Å². The van der Waals surface area contributed by atoms with Gasteiger partial charge in [-0.3, -0.25) is 19.3 Å². The summed E-state index contributed by atoms with van der Waals surface area (Å²) in [5.74, 6) is -0.0693. The number of carbonyl (C=O) groups is 3. The zero-order chi connectivity index (χ0) is 18.8. The molecule has 1 aromatic carbocycles. The molecule has 140 valence electrons. The van der Waals surface area contributed by atoms with Gasteiger partial charge in [-0.05, 0) is 42.9 Å². The normalized spacial score (nSPS) is 22.7. The fraction of sp³-hybridized carbons (Fsp3) is 0.571. The van der Waals surface area contributed by atoms with Crippen molar-refractivity contribution >= 4 is 17.8 Å². The molecule has 1 aromatic rings. The average Bonchev–Trinajstić information content (AvgIpc) is 2.86. The van der Waals surface area contributed by atoms with Crippen molar-refractivity contribution in [1.29, 1.82) is 0 Å². The third-order valence-corrected chi connectivity index (χ3v) is 5.57. The molecule has 3 rings (SSSR count). The lowest BCUT2D eigenvalue weighted by atomic mass is 9.81. The molecule has 2 fully saturated rings. The minimum absolute atomic E-state index is 0.0300. The van der Waals surface area contributed by atoms with E-state index in [-0.39, 0.29) is 36.6 Å². The first-order chi connectivity index (χ1) is 12.4. The number of likely N-dealkylation sites (tertiary alicyclic amines) is 1. The number of aryl methyl sites for hydroxylation is 1. The van der Waals surface area contributed by atoms with Crippen molar-refractivity contribution in [2.75, 3.05) is 6.54 Å². The highest BCUT2D eigenvalue weighted by atomic mass is 16.5. The number of rotatable bonds is 5. The second-order valence-corrected chi connectivity index (χ2v) is 7.73. The lowest BCUT2D eigenvalue weighted by Crippen LogP contribution is -2.33. The zero-order valence-electron chi connectivity index (χ0n) is 15.8. The van der Waals surface area contributed by atoms with Crippen LogP contribution in [0.1, 0.15) is 63.0 Å². The van der Waals surface area contributed by atoms with Gasteiger partial charge in [-0.15, -0.1) is 0 Å². The molecule has 1 saturated heterocycles. The second kappa shape index (κ2) is 7.60. The van der Waals surface area contributed by atoms with Gasteiger partial charge in [-0.2, -0.15) is 0 Å². The molecule has 0 bridgehead atoms. The number of imide groups is 1. The second-order valence-electron chi connectivity index (χ2n) is 7.73. The average molecular weight is 357 g/mol. The van der Waals surface area contributed by atoms with Crippen LogP contribution in [0.5, 0.6) is 5.75 Å². The summed E-state index contributed by atoms with van der Waals surface area (Å²) in [5.41, 5.74) is 1.99. The molecule has 1 heterocycles. The summed E-state index contributed by atoms with van der Waals surface area (Å²) in [5, 5.41) is 0. The highest BCUT2D eigenvalue weighted by Crippen LogP contribution is 2.38. The summed E-state index contributed by atoms with van der Waals surface area (Å²) in [6.07, 6.45) is 3.61. The molecule has 5 nitrogen and oxygen atoms in total. The molecule has 0 aromatic heterocycles. The van der Waals surface area contributed by atoms with Gasteiger partial charge < -0.3 is 4.74 Å². The van der Waals surface area contributed by atoms with Crippen molar-refractivity contribution in [3.8, 4) is 5.75 Å². The molecule has 5 heteroatoms. The number of benzene rings is 1. The van der Waals surface area contributed by atoms with Gasteiger partial charge in [0.05, 0.1) is 18.3 Å². The standard InChI is InChI=1S/C21H27NO4/c1-13(2)15-9-8-14(3)18(12-15)26-19(23)10-11-22-20(24)16-6-4-5-7-17(16)21(22)25/h8-9,12-13,16-17H,4-7,10-11H2,1-3H3/t16-,17-/m0/s1. The molecule has 1 aliphatic carbocycles. The van der Waals surface area contributed by atoms with Gasteiger partial charge in [0.2, 0.25) is 11.8 Å². The predicted molar refractivity (Wildman–Crippen MR) is 97.7 cm³/mol. The highest BCUT2D eigenvalue weighted by molar-refractivity contribution is 6.05. The van der Waals surface area contributed by atoms with Crippen LogP contribution in [0.25, 0.3) is 0 Å². The summed E-state index contributed by atoms with van der Waals surface area (Å²) < 4.78 is 5.50. The van der Waals surface area contributed by atoms with Gasteiger partial charge in [0.25, 0.3) is 0 Å². The van der Waals surface area contributed by atoms with Crippen LogP contribution in [0.15, 0.2) is 18.2 Å². The number of nitrogens with zero attached hydrogens (tertiary/aromatic N) is 1. The Bertz CT molecular complexity index is 701. The monoisotopic (exact) mass is 357 g/mol. The van der Waals surface area contributed by atoms with Crippen LogP contribution >= 0.6 is 0 Å². The van der Waals surface area contributed by atoms with Gasteiger partial charge >= 0.3 is 5.97 Å². The molecule has 0 spiro atoms.